The quantitative estimate of drug-likeness (QED) is 0.497. The first-order chi connectivity index (χ1) is 9.31. The molecule has 0 saturated carbocycles. The second-order valence-corrected chi connectivity index (χ2v) is 4.27. The minimum absolute atomic E-state index is 0.0705. The molecule has 0 heterocycles. The Balaban J connectivity index is 3.00. The first-order valence-electron chi connectivity index (χ1n) is 5.71. The van der Waals surface area contributed by atoms with E-state index in [1.165, 1.54) is 0 Å². The highest BCUT2D eigenvalue weighted by Crippen LogP contribution is 2.22. The van der Waals surface area contributed by atoms with Crippen LogP contribution in [0.3, 0.4) is 0 Å². The van der Waals surface area contributed by atoms with Crippen molar-refractivity contribution in [3.8, 4) is 0 Å². The lowest BCUT2D eigenvalue weighted by Crippen LogP contribution is -2.31. The SMILES string of the molecule is CC(CCO)CNC(=O)c1c(F)c(F)c(F)c(F)c1F. The van der Waals surface area contributed by atoms with E-state index >= 15 is 0 Å². The summed E-state index contributed by atoms with van der Waals surface area (Å²) in [5.74, 6) is -12.6. The van der Waals surface area contributed by atoms with Crippen LogP contribution in [0.4, 0.5) is 22.0 Å². The van der Waals surface area contributed by atoms with E-state index < -0.39 is 40.6 Å². The van der Waals surface area contributed by atoms with Crippen molar-refractivity contribution < 1.29 is 31.9 Å². The van der Waals surface area contributed by atoms with Gasteiger partial charge in [0.15, 0.2) is 23.3 Å². The molecule has 0 aliphatic heterocycles. The summed E-state index contributed by atoms with van der Waals surface area (Å²) in [5.41, 5.74) is -1.52. The maximum atomic E-state index is 13.3. The molecule has 3 nitrogen and oxygen atoms in total. The van der Waals surface area contributed by atoms with Gasteiger partial charge in [0.1, 0.15) is 5.56 Å². The van der Waals surface area contributed by atoms with Crippen LogP contribution in [0.15, 0.2) is 0 Å². The number of rotatable bonds is 5. The molecular formula is C12H12F5NO2. The van der Waals surface area contributed by atoms with Crippen molar-refractivity contribution in [3.63, 3.8) is 0 Å². The number of hydrogen-bond donors (Lipinski definition) is 2. The molecule has 112 valence electrons. The molecule has 20 heavy (non-hydrogen) atoms. The average molecular weight is 297 g/mol. The van der Waals surface area contributed by atoms with Crippen LogP contribution in [-0.2, 0) is 0 Å². The Hall–Kier alpha value is -1.70. The molecule has 0 radical (unpaired) electrons. The number of carbonyl (C=O) groups excluding carboxylic acids is 1. The normalized spacial score (nSPS) is 12.3. The molecule has 1 unspecified atom stereocenters. The first kappa shape index (κ1) is 16.4. The fraction of sp³-hybridized carbons (Fsp3) is 0.417. The van der Waals surface area contributed by atoms with Gasteiger partial charge in [0.2, 0.25) is 5.82 Å². The standard InChI is InChI=1S/C12H12F5NO2/c1-5(2-3-19)4-18-12(20)6-7(13)9(15)11(17)10(16)8(6)14/h5,19H,2-4H2,1H3,(H,18,20). The van der Waals surface area contributed by atoms with Crippen LogP contribution < -0.4 is 5.32 Å². The summed E-state index contributed by atoms with van der Waals surface area (Å²) >= 11 is 0. The number of aliphatic hydroxyl groups is 1. The van der Waals surface area contributed by atoms with Gasteiger partial charge in [-0.2, -0.15) is 0 Å². The number of halogens is 5. The molecule has 0 spiro atoms. The molecule has 0 saturated heterocycles. The van der Waals surface area contributed by atoms with Gasteiger partial charge in [-0.1, -0.05) is 6.92 Å². The van der Waals surface area contributed by atoms with Crippen LogP contribution in [-0.4, -0.2) is 24.2 Å². The third kappa shape index (κ3) is 3.24. The molecule has 1 rings (SSSR count). The number of aliphatic hydroxyl groups excluding tert-OH is 1. The number of amides is 1. The molecule has 0 fully saturated rings. The van der Waals surface area contributed by atoms with Crippen molar-refractivity contribution in [2.45, 2.75) is 13.3 Å². The zero-order valence-corrected chi connectivity index (χ0v) is 10.4. The second kappa shape index (κ2) is 6.65. The summed E-state index contributed by atoms with van der Waals surface area (Å²) in [7, 11) is 0. The Morgan fingerprint density at radius 1 is 1.05 bits per heavy atom. The largest absolute Gasteiger partial charge is 0.396 e. The van der Waals surface area contributed by atoms with Crippen LogP contribution >= 0.6 is 0 Å². The van der Waals surface area contributed by atoms with Gasteiger partial charge in [-0.15, -0.1) is 0 Å². The summed E-state index contributed by atoms with van der Waals surface area (Å²) in [5, 5.41) is 10.7. The van der Waals surface area contributed by atoms with Crippen LogP contribution in [0.1, 0.15) is 23.7 Å². The average Bonchev–Trinajstić information content (AvgIpc) is 2.41. The summed E-state index contributed by atoms with van der Waals surface area (Å²) in [4.78, 5) is 11.5. The molecule has 1 aromatic rings. The van der Waals surface area contributed by atoms with Crippen LogP contribution in [0.25, 0.3) is 0 Å². The summed E-state index contributed by atoms with van der Waals surface area (Å²) in [6.45, 7) is 1.41. The van der Waals surface area contributed by atoms with E-state index in [0.29, 0.717) is 6.42 Å². The van der Waals surface area contributed by atoms with Crippen molar-refractivity contribution >= 4 is 5.91 Å². The minimum Gasteiger partial charge on any atom is -0.396 e. The van der Waals surface area contributed by atoms with E-state index in [9.17, 15) is 26.7 Å². The first-order valence-corrected chi connectivity index (χ1v) is 5.71. The Morgan fingerprint density at radius 3 is 1.95 bits per heavy atom. The zero-order chi connectivity index (χ0) is 15.4. The van der Waals surface area contributed by atoms with Crippen LogP contribution in [0.2, 0.25) is 0 Å². The molecular weight excluding hydrogens is 285 g/mol. The molecule has 1 aromatic carbocycles. The summed E-state index contributed by atoms with van der Waals surface area (Å²) in [6, 6.07) is 0. The van der Waals surface area contributed by atoms with Crippen LogP contribution in [0, 0.1) is 35.0 Å². The molecule has 0 aliphatic rings. The summed E-state index contributed by atoms with van der Waals surface area (Å²) in [6.07, 6.45) is 0.317. The molecule has 2 N–H and O–H groups in total. The number of carbonyl (C=O) groups is 1. The lowest BCUT2D eigenvalue weighted by molar-refractivity contribution is 0.0933. The highest BCUT2D eigenvalue weighted by Gasteiger charge is 2.29. The Kier molecular flexibility index (Phi) is 5.43. The van der Waals surface area contributed by atoms with Gasteiger partial charge in [-0.05, 0) is 12.3 Å². The molecule has 0 aliphatic carbocycles. The van der Waals surface area contributed by atoms with Gasteiger partial charge >= 0.3 is 0 Å². The highest BCUT2D eigenvalue weighted by atomic mass is 19.2. The molecule has 1 atom stereocenters. The predicted molar refractivity (Wildman–Crippen MR) is 59.4 cm³/mol. The number of hydrogen-bond acceptors (Lipinski definition) is 2. The third-order valence-electron chi connectivity index (χ3n) is 2.67. The van der Waals surface area contributed by atoms with Crippen molar-refractivity contribution in [2.24, 2.45) is 5.92 Å². The van der Waals surface area contributed by atoms with Crippen molar-refractivity contribution in [3.05, 3.63) is 34.6 Å². The smallest absolute Gasteiger partial charge is 0.257 e. The van der Waals surface area contributed by atoms with E-state index in [1.807, 2.05) is 0 Å². The summed E-state index contributed by atoms with van der Waals surface area (Å²) < 4.78 is 65.2. The van der Waals surface area contributed by atoms with Gasteiger partial charge in [0.05, 0.1) is 0 Å². The zero-order valence-electron chi connectivity index (χ0n) is 10.4. The lowest BCUT2D eigenvalue weighted by Gasteiger charge is -2.12. The fourth-order valence-electron chi connectivity index (χ4n) is 1.48. The maximum Gasteiger partial charge on any atom is 0.257 e. The van der Waals surface area contributed by atoms with Crippen molar-refractivity contribution in [1.29, 1.82) is 0 Å². The van der Waals surface area contributed by atoms with Gasteiger partial charge in [-0.3, -0.25) is 4.79 Å². The van der Waals surface area contributed by atoms with Gasteiger partial charge in [0.25, 0.3) is 5.91 Å². The van der Waals surface area contributed by atoms with E-state index in [2.05, 4.69) is 5.32 Å². The number of nitrogens with one attached hydrogen (secondary N) is 1. The molecule has 1 amide bonds. The highest BCUT2D eigenvalue weighted by molar-refractivity contribution is 5.94. The van der Waals surface area contributed by atoms with E-state index in [-0.39, 0.29) is 19.1 Å². The van der Waals surface area contributed by atoms with Crippen molar-refractivity contribution in [1.82, 2.24) is 5.32 Å². The van der Waals surface area contributed by atoms with E-state index in [0.717, 1.165) is 0 Å². The second-order valence-electron chi connectivity index (χ2n) is 4.27. The van der Waals surface area contributed by atoms with Crippen LogP contribution in [0.5, 0.6) is 0 Å². The van der Waals surface area contributed by atoms with Crippen molar-refractivity contribution in [2.75, 3.05) is 13.2 Å². The Bertz CT molecular complexity index is 492. The molecule has 8 heteroatoms. The predicted octanol–water partition coefficient (Wildman–Crippen LogP) is 2.13. The monoisotopic (exact) mass is 297 g/mol. The van der Waals surface area contributed by atoms with Gasteiger partial charge < -0.3 is 10.4 Å². The number of benzene rings is 1. The Labute approximate surface area is 111 Å². The van der Waals surface area contributed by atoms with E-state index in [4.69, 9.17) is 5.11 Å². The lowest BCUT2D eigenvalue weighted by atomic mass is 10.1. The maximum absolute atomic E-state index is 13.3. The third-order valence-corrected chi connectivity index (χ3v) is 2.67. The topological polar surface area (TPSA) is 49.3 Å². The van der Waals surface area contributed by atoms with Gasteiger partial charge in [-0.25, -0.2) is 22.0 Å². The Morgan fingerprint density at radius 2 is 1.50 bits per heavy atom. The fourth-order valence-corrected chi connectivity index (χ4v) is 1.48. The van der Waals surface area contributed by atoms with Gasteiger partial charge in [0, 0.05) is 13.2 Å². The minimum atomic E-state index is -2.31. The molecule has 0 bridgehead atoms. The van der Waals surface area contributed by atoms with E-state index in [1.54, 1.807) is 6.92 Å². The molecule has 0 aromatic heterocycles.